The van der Waals surface area contributed by atoms with Crippen molar-refractivity contribution in [1.82, 2.24) is 15.5 Å². The summed E-state index contributed by atoms with van der Waals surface area (Å²) in [7, 11) is 0. The van der Waals surface area contributed by atoms with Gasteiger partial charge in [-0.3, -0.25) is 9.59 Å². The topological polar surface area (TPSA) is 98.7 Å². The van der Waals surface area contributed by atoms with Crippen molar-refractivity contribution in [2.75, 3.05) is 6.54 Å². The smallest absolute Gasteiger partial charge is 0.323 e. The van der Waals surface area contributed by atoms with Crippen LogP contribution in [-0.4, -0.2) is 52.1 Å². The molecule has 0 aliphatic heterocycles. The van der Waals surface area contributed by atoms with Crippen molar-refractivity contribution < 1.29 is 19.5 Å². The fraction of sp³-hybridized carbons (Fsp3) is 0.769. The molecule has 0 bridgehead atoms. The summed E-state index contributed by atoms with van der Waals surface area (Å²) in [6, 6.07) is -1.24. The number of amides is 3. The van der Waals surface area contributed by atoms with Crippen molar-refractivity contribution in [3.8, 4) is 0 Å². The van der Waals surface area contributed by atoms with Crippen LogP contribution in [0.15, 0.2) is 0 Å². The molecule has 1 aliphatic carbocycles. The van der Waals surface area contributed by atoms with Gasteiger partial charge in [-0.15, -0.1) is 0 Å². The van der Waals surface area contributed by atoms with Gasteiger partial charge in [0.05, 0.1) is 0 Å². The van der Waals surface area contributed by atoms with Crippen molar-refractivity contribution in [2.45, 2.75) is 58.2 Å². The molecular formula is C13H23N3O4. The Bertz CT molecular complexity index is 399. The normalized spacial score (nSPS) is 16.2. The Balaban J connectivity index is 2.54. The van der Waals surface area contributed by atoms with Crippen LogP contribution in [0, 0.1) is 0 Å². The van der Waals surface area contributed by atoms with E-state index in [1.54, 1.807) is 6.92 Å². The van der Waals surface area contributed by atoms with Crippen molar-refractivity contribution in [2.24, 2.45) is 0 Å². The summed E-state index contributed by atoms with van der Waals surface area (Å²) in [6.07, 6.45) is 1.62. The van der Waals surface area contributed by atoms with Crippen LogP contribution in [-0.2, 0) is 9.59 Å². The largest absolute Gasteiger partial charge is 0.480 e. The maximum Gasteiger partial charge on any atom is 0.323 e. The van der Waals surface area contributed by atoms with Gasteiger partial charge in [0.15, 0.2) is 0 Å². The molecule has 7 nitrogen and oxygen atoms in total. The Morgan fingerprint density at radius 2 is 1.85 bits per heavy atom. The Hall–Kier alpha value is -1.79. The van der Waals surface area contributed by atoms with E-state index in [-0.39, 0.29) is 24.0 Å². The third-order valence-electron chi connectivity index (χ3n) is 2.79. The van der Waals surface area contributed by atoms with Crippen LogP contribution in [0.2, 0.25) is 0 Å². The lowest BCUT2D eigenvalue weighted by atomic mass is 10.1. The van der Waals surface area contributed by atoms with Gasteiger partial charge in [0.25, 0.3) is 0 Å². The van der Waals surface area contributed by atoms with Gasteiger partial charge in [-0.1, -0.05) is 0 Å². The summed E-state index contributed by atoms with van der Waals surface area (Å²) < 4.78 is 0. The number of nitrogens with one attached hydrogen (secondary N) is 2. The average molecular weight is 285 g/mol. The lowest BCUT2D eigenvalue weighted by Crippen LogP contribution is -2.54. The molecule has 1 rings (SSSR count). The van der Waals surface area contributed by atoms with Crippen LogP contribution in [0.3, 0.4) is 0 Å². The zero-order valence-corrected chi connectivity index (χ0v) is 12.4. The highest BCUT2D eigenvalue weighted by Crippen LogP contribution is 2.26. The number of hydrogen-bond acceptors (Lipinski definition) is 3. The minimum absolute atomic E-state index is 0.0241. The molecule has 1 aliphatic rings. The first-order valence-electron chi connectivity index (χ1n) is 6.71. The van der Waals surface area contributed by atoms with E-state index in [9.17, 15) is 14.4 Å². The second kappa shape index (κ2) is 6.11. The molecule has 0 spiro atoms. The van der Waals surface area contributed by atoms with Gasteiger partial charge < -0.3 is 20.6 Å². The van der Waals surface area contributed by atoms with E-state index in [0.29, 0.717) is 0 Å². The molecule has 20 heavy (non-hydrogen) atoms. The van der Waals surface area contributed by atoms with Crippen LogP contribution in [0.5, 0.6) is 0 Å². The van der Waals surface area contributed by atoms with Crippen molar-refractivity contribution in [3.63, 3.8) is 0 Å². The molecule has 1 unspecified atom stereocenters. The maximum absolute atomic E-state index is 12.0. The van der Waals surface area contributed by atoms with Crippen LogP contribution < -0.4 is 10.6 Å². The van der Waals surface area contributed by atoms with E-state index < -0.39 is 18.0 Å². The van der Waals surface area contributed by atoms with E-state index in [1.807, 2.05) is 20.8 Å². The number of carbonyl (C=O) groups is 3. The molecule has 0 saturated heterocycles. The third kappa shape index (κ3) is 5.46. The molecular weight excluding hydrogens is 262 g/mol. The standard InChI is InChI=1S/C13H23N3O4/c1-8(11(19)15-13(2,3)4)14-12(20)16(7-10(17)18)9-5-6-9/h8-9H,5-7H2,1-4H3,(H,14,20)(H,15,19)(H,17,18). The SMILES string of the molecule is CC(NC(=O)N(CC(=O)O)C1CC1)C(=O)NC(C)(C)C. The number of nitrogens with zero attached hydrogens (tertiary/aromatic N) is 1. The lowest BCUT2D eigenvalue weighted by Gasteiger charge is -2.26. The van der Waals surface area contributed by atoms with Crippen LogP contribution in [0.25, 0.3) is 0 Å². The molecule has 1 atom stereocenters. The molecule has 0 radical (unpaired) electrons. The summed E-state index contributed by atoms with van der Waals surface area (Å²) in [5.41, 5.74) is -0.382. The molecule has 114 valence electrons. The number of hydrogen-bond donors (Lipinski definition) is 3. The number of urea groups is 1. The number of carboxylic acids is 1. The number of carboxylic acid groups (broad SMARTS) is 1. The highest BCUT2D eigenvalue weighted by Gasteiger charge is 2.35. The Kier molecular flexibility index (Phi) is 4.97. The van der Waals surface area contributed by atoms with E-state index in [2.05, 4.69) is 10.6 Å². The molecule has 3 amide bonds. The summed E-state index contributed by atoms with van der Waals surface area (Å²) in [5, 5.41) is 14.1. The second-order valence-electron chi connectivity index (χ2n) is 6.16. The van der Waals surface area contributed by atoms with Crippen LogP contribution in [0.1, 0.15) is 40.5 Å². The van der Waals surface area contributed by atoms with Gasteiger partial charge in [-0.05, 0) is 40.5 Å². The second-order valence-corrected chi connectivity index (χ2v) is 6.16. The average Bonchev–Trinajstić information content (AvgIpc) is 3.06. The highest BCUT2D eigenvalue weighted by molar-refractivity contribution is 5.88. The fourth-order valence-electron chi connectivity index (χ4n) is 1.71. The van der Waals surface area contributed by atoms with Gasteiger partial charge in [-0.2, -0.15) is 0 Å². The quantitative estimate of drug-likeness (QED) is 0.687. The molecule has 1 saturated carbocycles. The number of rotatable bonds is 5. The van der Waals surface area contributed by atoms with Gasteiger partial charge in [-0.25, -0.2) is 4.79 Å². The van der Waals surface area contributed by atoms with Gasteiger partial charge in [0, 0.05) is 11.6 Å². The van der Waals surface area contributed by atoms with Crippen molar-refractivity contribution in [1.29, 1.82) is 0 Å². The highest BCUT2D eigenvalue weighted by atomic mass is 16.4. The summed E-state index contributed by atoms with van der Waals surface area (Å²) in [5.74, 6) is -1.35. The first kappa shape index (κ1) is 16.3. The minimum Gasteiger partial charge on any atom is -0.480 e. The first-order chi connectivity index (χ1) is 9.10. The molecule has 0 aromatic heterocycles. The fourth-order valence-corrected chi connectivity index (χ4v) is 1.71. The first-order valence-corrected chi connectivity index (χ1v) is 6.71. The van der Waals surface area contributed by atoms with Crippen LogP contribution in [0.4, 0.5) is 4.79 Å². The van der Waals surface area contributed by atoms with E-state index >= 15 is 0 Å². The van der Waals surface area contributed by atoms with E-state index in [1.165, 1.54) is 4.90 Å². The molecule has 1 fully saturated rings. The Morgan fingerprint density at radius 3 is 2.25 bits per heavy atom. The molecule has 0 aromatic carbocycles. The Labute approximate surface area is 118 Å². The predicted octanol–water partition coefficient (Wildman–Crippen LogP) is 0.548. The van der Waals surface area contributed by atoms with Gasteiger partial charge in [0.2, 0.25) is 5.91 Å². The molecule has 7 heteroatoms. The van der Waals surface area contributed by atoms with E-state index in [0.717, 1.165) is 12.8 Å². The summed E-state index contributed by atoms with van der Waals surface area (Å²) >= 11 is 0. The van der Waals surface area contributed by atoms with E-state index in [4.69, 9.17) is 5.11 Å². The van der Waals surface area contributed by atoms with Gasteiger partial charge in [0.1, 0.15) is 12.6 Å². The third-order valence-corrected chi connectivity index (χ3v) is 2.79. The van der Waals surface area contributed by atoms with Crippen molar-refractivity contribution in [3.05, 3.63) is 0 Å². The predicted molar refractivity (Wildman–Crippen MR) is 73.3 cm³/mol. The minimum atomic E-state index is -1.06. The zero-order valence-electron chi connectivity index (χ0n) is 12.4. The maximum atomic E-state index is 12.0. The van der Waals surface area contributed by atoms with Gasteiger partial charge >= 0.3 is 12.0 Å². The van der Waals surface area contributed by atoms with Crippen LogP contribution >= 0.6 is 0 Å². The molecule has 0 aromatic rings. The zero-order chi connectivity index (χ0) is 15.5. The summed E-state index contributed by atoms with van der Waals surface area (Å²) in [6.45, 7) is 6.77. The lowest BCUT2D eigenvalue weighted by molar-refractivity contribution is -0.137. The number of carbonyl (C=O) groups excluding carboxylic acids is 2. The molecule has 3 N–H and O–H groups in total. The monoisotopic (exact) mass is 285 g/mol. The number of aliphatic carboxylic acids is 1. The Morgan fingerprint density at radius 1 is 1.30 bits per heavy atom. The van der Waals surface area contributed by atoms with Crippen molar-refractivity contribution >= 4 is 17.9 Å². The summed E-state index contributed by atoms with van der Waals surface area (Å²) in [4.78, 5) is 35.9. The molecule has 0 heterocycles.